The summed E-state index contributed by atoms with van der Waals surface area (Å²) in [6, 6.07) is 8.30. The number of alkyl halides is 3. The molecule has 0 spiro atoms. The number of nitrogens with one attached hydrogen (secondary N) is 2. The van der Waals surface area contributed by atoms with Gasteiger partial charge in [0.2, 0.25) is 5.88 Å². The van der Waals surface area contributed by atoms with Crippen molar-refractivity contribution < 1.29 is 27.5 Å². The summed E-state index contributed by atoms with van der Waals surface area (Å²) >= 11 is 6.09. The van der Waals surface area contributed by atoms with Crippen molar-refractivity contribution in [3.05, 3.63) is 77.2 Å². The van der Waals surface area contributed by atoms with Gasteiger partial charge < -0.3 is 10.1 Å². The van der Waals surface area contributed by atoms with Crippen molar-refractivity contribution in [2.45, 2.75) is 6.18 Å². The molecule has 0 unspecified atom stereocenters. The Morgan fingerprint density at radius 2 is 1.87 bits per heavy atom. The van der Waals surface area contributed by atoms with Crippen LogP contribution in [0.4, 0.5) is 23.7 Å². The molecule has 0 atom stereocenters. The van der Waals surface area contributed by atoms with E-state index in [9.17, 15) is 22.8 Å². The number of carbonyl (C=O) groups excluding carboxylic acids is 2. The summed E-state index contributed by atoms with van der Waals surface area (Å²) in [6.45, 7) is 0. The number of aromatic nitrogens is 2. The quantitative estimate of drug-likeness (QED) is 0.606. The molecule has 0 fully saturated rings. The van der Waals surface area contributed by atoms with Crippen LogP contribution in [-0.2, 0) is 6.18 Å². The molecule has 0 bridgehead atoms. The minimum absolute atomic E-state index is 0.0630. The molecule has 0 aliphatic heterocycles. The van der Waals surface area contributed by atoms with Gasteiger partial charge in [0, 0.05) is 30.3 Å². The number of nitrogens with zero attached hydrogens (tertiary/aromatic N) is 2. The molecule has 3 aromatic rings. The molecule has 2 heterocycles. The van der Waals surface area contributed by atoms with Crippen LogP contribution in [0.1, 0.15) is 15.9 Å². The Hall–Kier alpha value is -3.66. The Morgan fingerprint density at radius 1 is 1.07 bits per heavy atom. The number of hydrogen-bond donors (Lipinski definition) is 2. The van der Waals surface area contributed by atoms with Gasteiger partial charge in [0.1, 0.15) is 5.75 Å². The average molecular weight is 437 g/mol. The van der Waals surface area contributed by atoms with E-state index in [2.05, 4.69) is 20.6 Å². The van der Waals surface area contributed by atoms with E-state index in [4.69, 9.17) is 16.3 Å². The van der Waals surface area contributed by atoms with Crippen LogP contribution in [0.25, 0.3) is 0 Å². The summed E-state index contributed by atoms with van der Waals surface area (Å²) in [5, 5.41) is 4.62. The van der Waals surface area contributed by atoms with Crippen molar-refractivity contribution in [2.75, 3.05) is 5.32 Å². The molecular weight excluding hydrogens is 425 g/mol. The predicted octanol–water partition coefficient (Wildman–Crippen LogP) is 4.90. The number of amides is 3. The highest BCUT2D eigenvalue weighted by Gasteiger charge is 2.30. The van der Waals surface area contributed by atoms with E-state index in [0.717, 1.165) is 12.1 Å². The SMILES string of the molecule is O=C(NC(=O)c1cccnc1)Nc1ccc(Oc2ccc(C(F)(F)F)cn2)c(Cl)c1. The molecule has 3 amide bonds. The summed E-state index contributed by atoms with van der Waals surface area (Å²) in [5.74, 6) is -0.619. The summed E-state index contributed by atoms with van der Waals surface area (Å²) < 4.78 is 43.1. The van der Waals surface area contributed by atoms with E-state index in [-0.39, 0.29) is 27.9 Å². The Bertz CT molecular complexity index is 1060. The second-order valence-electron chi connectivity index (χ2n) is 5.78. The largest absolute Gasteiger partial charge is 0.437 e. The maximum Gasteiger partial charge on any atom is 0.417 e. The molecule has 0 saturated carbocycles. The van der Waals surface area contributed by atoms with Gasteiger partial charge in [-0.2, -0.15) is 13.2 Å². The van der Waals surface area contributed by atoms with Gasteiger partial charge in [0.15, 0.2) is 0 Å². The maximum atomic E-state index is 12.6. The number of rotatable bonds is 4. The molecule has 0 aliphatic rings. The van der Waals surface area contributed by atoms with Gasteiger partial charge in [-0.1, -0.05) is 11.6 Å². The smallest absolute Gasteiger partial charge is 0.417 e. The van der Waals surface area contributed by atoms with E-state index >= 15 is 0 Å². The van der Waals surface area contributed by atoms with Gasteiger partial charge in [0.05, 0.1) is 16.1 Å². The van der Waals surface area contributed by atoms with Crippen molar-refractivity contribution in [1.29, 1.82) is 0 Å². The molecule has 154 valence electrons. The normalized spacial score (nSPS) is 10.9. The number of pyridine rings is 2. The van der Waals surface area contributed by atoms with E-state index in [0.29, 0.717) is 6.20 Å². The minimum atomic E-state index is -4.50. The second kappa shape index (κ2) is 8.78. The van der Waals surface area contributed by atoms with Crippen molar-refractivity contribution in [1.82, 2.24) is 15.3 Å². The molecule has 0 saturated heterocycles. The zero-order chi connectivity index (χ0) is 21.7. The lowest BCUT2D eigenvalue weighted by Crippen LogP contribution is -2.34. The van der Waals surface area contributed by atoms with E-state index in [1.165, 1.54) is 36.7 Å². The molecule has 0 aliphatic carbocycles. The number of hydrogen-bond acceptors (Lipinski definition) is 5. The topological polar surface area (TPSA) is 93.2 Å². The van der Waals surface area contributed by atoms with Crippen molar-refractivity contribution in [3.63, 3.8) is 0 Å². The first-order valence-corrected chi connectivity index (χ1v) is 8.63. The Kier molecular flexibility index (Phi) is 6.17. The van der Waals surface area contributed by atoms with Gasteiger partial charge in [-0.15, -0.1) is 0 Å². The molecule has 0 radical (unpaired) electrons. The molecule has 11 heteroatoms. The summed E-state index contributed by atoms with van der Waals surface area (Å²) in [7, 11) is 0. The number of imide groups is 1. The number of carbonyl (C=O) groups is 2. The summed E-state index contributed by atoms with van der Waals surface area (Å²) in [5.41, 5.74) is -0.449. The summed E-state index contributed by atoms with van der Waals surface area (Å²) in [4.78, 5) is 31.3. The van der Waals surface area contributed by atoms with Gasteiger partial charge in [0.25, 0.3) is 5.91 Å². The monoisotopic (exact) mass is 436 g/mol. The van der Waals surface area contributed by atoms with Crippen LogP contribution in [0.3, 0.4) is 0 Å². The standard InChI is InChI=1S/C19H12ClF3N4O3/c20-14-8-13(26-18(29)27-17(28)11-2-1-7-24-9-11)4-5-15(14)30-16-6-3-12(10-25-16)19(21,22)23/h1-10H,(H2,26,27,28,29). The van der Waals surface area contributed by atoms with Crippen LogP contribution >= 0.6 is 11.6 Å². The van der Waals surface area contributed by atoms with Crippen LogP contribution in [0, 0.1) is 0 Å². The predicted molar refractivity (Wildman–Crippen MR) is 101 cm³/mol. The zero-order valence-electron chi connectivity index (χ0n) is 14.9. The highest BCUT2D eigenvalue weighted by Crippen LogP contribution is 2.33. The van der Waals surface area contributed by atoms with E-state index in [1.807, 2.05) is 0 Å². The lowest BCUT2D eigenvalue weighted by Gasteiger charge is -2.11. The van der Waals surface area contributed by atoms with Crippen LogP contribution in [0.15, 0.2) is 61.1 Å². The van der Waals surface area contributed by atoms with E-state index in [1.54, 1.807) is 6.07 Å². The Balaban J connectivity index is 1.62. The number of anilines is 1. The van der Waals surface area contributed by atoms with E-state index < -0.39 is 23.7 Å². The number of halogens is 4. The molecule has 30 heavy (non-hydrogen) atoms. The van der Waals surface area contributed by atoms with Crippen LogP contribution in [0.2, 0.25) is 5.02 Å². The van der Waals surface area contributed by atoms with Gasteiger partial charge in [-0.25, -0.2) is 9.78 Å². The third kappa shape index (κ3) is 5.45. The van der Waals surface area contributed by atoms with Crippen molar-refractivity contribution in [2.24, 2.45) is 0 Å². The number of benzene rings is 1. The fourth-order valence-electron chi connectivity index (χ4n) is 2.22. The second-order valence-corrected chi connectivity index (χ2v) is 6.19. The first-order valence-electron chi connectivity index (χ1n) is 8.25. The van der Waals surface area contributed by atoms with Crippen molar-refractivity contribution >= 4 is 29.2 Å². The number of urea groups is 1. The minimum Gasteiger partial charge on any atom is -0.437 e. The third-order valence-corrected chi connectivity index (χ3v) is 3.91. The van der Waals surface area contributed by atoms with Gasteiger partial charge in [-0.3, -0.25) is 15.1 Å². The first-order chi connectivity index (χ1) is 14.2. The molecule has 2 aromatic heterocycles. The molecule has 1 aromatic carbocycles. The zero-order valence-corrected chi connectivity index (χ0v) is 15.7. The lowest BCUT2D eigenvalue weighted by molar-refractivity contribution is -0.137. The number of ether oxygens (including phenoxy) is 1. The lowest BCUT2D eigenvalue weighted by atomic mass is 10.2. The van der Waals surface area contributed by atoms with Crippen LogP contribution in [-0.4, -0.2) is 21.9 Å². The van der Waals surface area contributed by atoms with Gasteiger partial charge in [-0.05, 0) is 36.4 Å². The average Bonchev–Trinajstić information content (AvgIpc) is 2.70. The fourth-order valence-corrected chi connectivity index (χ4v) is 2.44. The van der Waals surface area contributed by atoms with Gasteiger partial charge >= 0.3 is 12.2 Å². The van der Waals surface area contributed by atoms with Crippen LogP contribution < -0.4 is 15.4 Å². The third-order valence-electron chi connectivity index (χ3n) is 3.62. The summed E-state index contributed by atoms with van der Waals surface area (Å²) in [6.07, 6.45) is -1.07. The Labute approximate surface area is 172 Å². The molecular formula is C19H12ClF3N4O3. The highest BCUT2D eigenvalue weighted by molar-refractivity contribution is 6.32. The van der Waals surface area contributed by atoms with Crippen molar-refractivity contribution in [3.8, 4) is 11.6 Å². The fraction of sp³-hybridized carbons (Fsp3) is 0.0526. The molecule has 7 nitrogen and oxygen atoms in total. The maximum absolute atomic E-state index is 12.6. The van der Waals surface area contributed by atoms with Crippen LogP contribution in [0.5, 0.6) is 11.6 Å². The Morgan fingerprint density at radius 3 is 2.47 bits per heavy atom. The highest BCUT2D eigenvalue weighted by atomic mass is 35.5. The molecule has 2 N–H and O–H groups in total. The molecule has 3 rings (SSSR count). The first kappa shape index (κ1) is 21.1.